The highest BCUT2D eigenvalue weighted by Gasteiger charge is 2.34. The number of ether oxygens (including phenoxy) is 1. The zero-order valence-electron chi connectivity index (χ0n) is 12.7. The van der Waals surface area contributed by atoms with E-state index in [1.807, 2.05) is 0 Å². The van der Waals surface area contributed by atoms with Crippen LogP contribution in [0.1, 0.15) is 12.6 Å². The second-order valence-corrected chi connectivity index (χ2v) is 6.79. The maximum Gasteiger partial charge on any atom is 0.350 e. The van der Waals surface area contributed by atoms with E-state index in [4.69, 9.17) is 20.3 Å². The van der Waals surface area contributed by atoms with E-state index < -0.39 is 25.8 Å². The van der Waals surface area contributed by atoms with Crippen LogP contribution in [0.3, 0.4) is 0 Å². The lowest BCUT2D eigenvalue weighted by atomic mass is 10.2. The SMILES string of the molecule is C=CCNC1(N)N=CNc2c1ncn2C[C@@H](C)OCP(=O)(O)O. The van der Waals surface area contributed by atoms with Crippen molar-refractivity contribution in [3.8, 4) is 0 Å². The Morgan fingerprint density at radius 1 is 1.70 bits per heavy atom. The number of rotatable bonds is 8. The molecule has 0 saturated carbocycles. The van der Waals surface area contributed by atoms with Crippen LogP contribution in [0.2, 0.25) is 0 Å². The van der Waals surface area contributed by atoms with Gasteiger partial charge < -0.3 is 24.4 Å². The average molecular weight is 344 g/mol. The Balaban J connectivity index is 2.10. The third-order valence-electron chi connectivity index (χ3n) is 3.17. The summed E-state index contributed by atoms with van der Waals surface area (Å²) in [6.45, 7) is 6.15. The molecule has 0 bridgehead atoms. The second-order valence-electron chi connectivity index (χ2n) is 5.20. The van der Waals surface area contributed by atoms with Crippen molar-refractivity contribution in [1.29, 1.82) is 0 Å². The summed E-state index contributed by atoms with van der Waals surface area (Å²) in [7, 11) is -4.19. The maximum atomic E-state index is 10.8. The van der Waals surface area contributed by atoms with Crippen LogP contribution in [-0.2, 0) is 21.6 Å². The largest absolute Gasteiger partial charge is 0.364 e. The molecule has 1 aliphatic rings. The second kappa shape index (κ2) is 6.91. The van der Waals surface area contributed by atoms with Crippen molar-refractivity contribution in [3.05, 3.63) is 24.7 Å². The number of aliphatic imine (C=N–C) groups is 1. The summed E-state index contributed by atoms with van der Waals surface area (Å²) >= 11 is 0. The van der Waals surface area contributed by atoms with Gasteiger partial charge in [-0.1, -0.05) is 6.08 Å². The minimum atomic E-state index is -4.19. The summed E-state index contributed by atoms with van der Waals surface area (Å²) in [5.74, 6) is -0.513. The van der Waals surface area contributed by atoms with Crippen LogP contribution in [0, 0.1) is 0 Å². The van der Waals surface area contributed by atoms with Crippen molar-refractivity contribution in [3.63, 3.8) is 0 Å². The summed E-state index contributed by atoms with van der Waals surface area (Å²) in [4.78, 5) is 26.1. The van der Waals surface area contributed by atoms with Crippen LogP contribution in [0.5, 0.6) is 0 Å². The van der Waals surface area contributed by atoms with Gasteiger partial charge in [0.2, 0.25) is 5.79 Å². The van der Waals surface area contributed by atoms with Gasteiger partial charge in [0.05, 0.1) is 25.3 Å². The fourth-order valence-corrected chi connectivity index (χ4v) is 2.57. The molecule has 0 fully saturated rings. The smallest absolute Gasteiger partial charge is 0.350 e. The monoisotopic (exact) mass is 344 g/mol. The highest BCUT2D eigenvalue weighted by molar-refractivity contribution is 7.51. The quantitative estimate of drug-likeness (QED) is 0.246. The number of hydrogen-bond donors (Lipinski definition) is 5. The van der Waals surface area contributed by atoms with Gasteiger partial charge in [-0.2, -0.15) is 0 Å². The Kier molecular flexibility index (Phi) is 5.35. The molecule has 6 N–H and O–H groups in total. The van der Waals surface area contributed by atoms with Crippen molar-refractivity contribution >= 4 is 19.8 Å². The summed E-state index contributed by atoms with van der Waals surface area (Å²) < 4.78 is 17.8. The van der Waals surface area contributed by atoms with Gasteiger partial charge in [-0.25, -0.2) is 9.98 Å². The van der Waals surface area contributed by atoms with Crippen molar-refractivity contribution < 1.29 is 19.1 Å². The lowest BCUT2D eigenvalue weighted by Gasteiger charge is -2.28. The first-order chi connectivity index (χ1) is 10.7. The van der Waals surface area contributed by atoms with E-state index in [1.165, 1.54) is 6.34 Å². The Morgan fingerprint density at radius 3 is 3.09 bits per heavy atom. The minimum absolute atomic E-state index is 0.348. The molecule has 0 saturated heterocycles. The van der Waals surface area contributed by atoms with Gasteiger partial charge in [-0.05, 0) is 6.92 Å². The number of aromatic nitrogens is 2. The van der Waals surface area contributed by atoms with E-state index >= 15 is 0 Å². The van der Waals surface area contributed by atoms with Gasteiger partial charge in [-0.3, -0.25) is 15.6 Å². The van der Waals surface area contributed by atoms with E-state index in [2.05, 4.69) is 27.2 Å². The van der Waals surface area contributed by atoms with Crippen LogP contribution < -0.4 is 16.4 Å². The van der Waals surface area contributed by atoms with Gasteiger partial charge >= 0.3 is 7.60 Å². The standard InChI is InChI=1S/C12H21N6O4P/c1-3-4-16-12(13)10-11(14-6-17-12)18(7-15-10)5-9(2)22-8-23(19,20)21/h3,6-7,9,16H,1,4-5,8,13H2,2H3,(H,14,17)(H2,19,20,21)/t9-,12?/m1/s1. The number of anilines is 1. The summed E-state index contributed by atoms with van der Waals surface area (Å²) in [6, 6.07) is 0. The molecule has 1 unspecified atom stereocenters. The molecule has 0 aromatic carbocycles. The van der Waals surface area contributed by atoms with Crippen LogP contribution in [0.4, 0.5) is 5.82 Å². The molecule has 0 spiro atoms. The van der Waals surface area contributed by atoms with Gasteiger partial charge in [0.15, 0.2) is 0 Å². The first-order valence-electron chi connectivity index (χ1n) is 6.92. The Bertz CT molecular complexity index is 641. The molecule has 128 valence electrons. The molecule has 0 aliphatic carbocycles. The minimum Gasteiger partial charge on any atom is -0.364 e. The fourth-order valence-electron chi connectivity index (χ4n) is 2.12. The number of nitrogens with one attached hydrogen (secondary N) is 2. The van der Waals surface area contributed by atoms with Crippen molar-refractivity contribution in [2.45, 2.75) is 25.4 Å². The van der Waals surface area contributed by atoms with Crippen LogP contribution >= 0.6 is 7.60 Å². The predicted molar refractivity (Wildman–Crippen MR) is 85.9 cm³/mol. The van der Waals surface area contributed by atoms with E-state index in [-0.39, 0.29) is 0 Å². The molecule has 1 aromatic heterocycles. The molecule has 10 nitrogen and oxygen atoms in total. The zero-order chi connectivity index (χ0) is 17.1. The normalized spacial score (nSPS) is 21.6. The highest BCUT2D eigenvalue weighted by Crippen LogP contribution is 2.34. The average Bonchev–Trinajstić information content (AvgIpc) is 2.87. The zero-order valence-corrected chi connectivity index (χ0v) is 13.6. The molecule has 11 heteroatoms. The number of nitrogens with two attached hydrogens (primary N) is 1. The topological polar surface area (TPSA) is 147 Å². The third-order valence-corrected chi connectivity index (χ3v) is 3.65. The molecule has 1 aliphatic heterocycles. The number of imidazole rings is 1. The van der Waals surface area contributed by atoms with Crippen molar-refractivity contribution in [2.75, 3.05) is 18.2 Å². The maximum absolute atomic E-state index is 10.8. The van der Waals surface area contributed by atoms with Gasteiger partial charge in [0, 0.05) is 6.54 Å². The van der Waals surface area contributed by atoms with Gasteiger partial charge in [-0.15, -0.1) is 6.58 Å². The van der Waals surface area contributed by atoms with E-state index in [1.54, 1.807) is 23.9 Å². The Hall–Kier alpha value is -1.55. The molecular formula is C12H21N6O4P. The number of hydrogen-bond acceptors (Lipinski definition) is 7. The molecule has 0 radical (unpaired) electrons. The predicted octanol–water partition coefficient (Wildman–Crippen LogP) is -0.278. The molecule has 23 heavy (non-hydrogen) atoms. The van der Waals surface area contributed by atoms with E-state index in [0.717, 1.165) is 0 Å². The first-order valence-corrected chi connectivity index (χ1v) is 8.72. The molecule has 1 aromatic rings. The third kappa shape index (κ3) is 4.47. The summed E-state index contributed by atoms with van der Waals surface area (Å²) in [6.07, 6.45) is 3.66. The lowest BCUT2D eigenvalue weighted by molar-refractivity contribution is 0.0761. The van der Waals surface area contributed by atoms with Crippen molar-refractivity contribution in [1.82, 2.24) is 14.9 Å². The highest BCUT2D eigenvalue weighted by atomic mass is 31.2. The van der Waals surface area contributed by atoms with E-state index in [9.17, 15) is 4.57 Å². The fraction of sp³-hybridized carbons (Fsp3) is 0.500. The molecule has 2 atom stereocenters. The van der Waals surface area contributed by atoms with Gasteiger partial charge in [0.25, 0.3) is 0 Å². The van der Waals surface area contributed by atoms with Crippen LogP contribution in [0.15, 0.2) is 24.0 Å². The lowest BCUT2D eigenvalue weighted by Crippen LogP contribution is -2.51. The summed E-state index contributed by atoms with van der Waals surface area (Å²) in [5, 5.41) is 6.00. The number of fused-ring (bicyclic) bond motifs is 1. The van der Waals surface area contributed by atoms with Crippen LogP contribution in [0.25, 0.3) is 0 Å². The number of nitrogens with zero attached hydrogens (tertiary/aromatic N) is 3. The van der Waals surface area contributed by atoms with E-state index in [0.29, 0.717) is 24.6 Å². The first kappa shape index (κ1) is 17.8. The molecular weight excluding hydrogens is 323 g/mol. The summed E-state index contributed by atoms with van der Waals surface area (Å²) in [5.41, 5.74) is 6.73. The Labute approximate surface area is 133 Å². The molecule has 0 amide bonds. The Morgan fingerprint density at radius 2 is 2.43 bits per heavy atom. The molecule has 2 heterocycles. The molecule has 2 rings (SSSR count). The van der Waals surface area contributed by atoms with Crippen molar-refractivity contribution in [2.24, 2.45) is 10.7 Å². The van der Waals surface area contributed by atoms with Crippen LogP contribution in [-0.4, -0.2) is 44.7 Å². The van der Waals surface area contributed by atoms with Gasteiger partial charge in [0.1, 0.15) is 17.9 Å².